The molecule has 0 bridgehead atoms. The summed E-state index contributed by atoms with van der Waals surface area (Å²) in [6, 6.07) is 19.5. The minimum absolute atomic E-state index is 0.0783. The van der Waals surface area contributed by atoms with Crippen molar-refractivity contribution >= 4 is 29.8 Å². The first-order valence-electron chi connectivity index (χ1n) is 6.51. The maximum absolute atomic E-state index is 8.88. The van der Waals surface area contributed by atoms with Crippen molar-refractivity contribution in [3.63, 3.8) is 0 Å². The summed E-state index contributed by atoms with van der Waals surface area (Å²) < 4.78 is 10.2. The van der Waals surface area contributed by atoms with Crippen molar-refractivity contribution in [1.29, 1.82) is 0 Å². The molecule has 0 saturated heterocycles. The average molecular weight is 300 g/mol. The van der Waals surface area contributed by atoms with E-state index in [2.05, 4.69) is 86.2 Å². The van der Waals surface area contributed by atoms with E-state index in [4.69, 9.17) is 19.2 Å². The molecule has 3 N–H and O–H groups in total. The summed E-state index contributed by atoms with van der Waals surface area (Å²) in [7, 11) is -4.64. The fourth-order valence-electron chi connectivity index (χ4n) is 1.99. The van der Waals surface area contributed by atoms with E-state index in [1.807, 2.05) is 0 Å². The van der Waals surface area contributed by atoms with Crippen LogP contribution in [-0.4, -0.2) is 32.4 Å². The van der Waals surface area contributed by atoms with Crippen molar-refractivity contribution in [2.24, 2.45) is 0 Å². The molecule has 0 aliphatic carbocycles. The summed E-state index contributed by atoms with van der Waals surface area (Å²) in [6.45, 7) is 4.54. The SMILES string of the molecule is O=P(O)(O)O.[Li][c]1ccc(C(C)(C)c2ccccc2)cc1. The van der Waals surface area contributed by atoms with Gasteiger partial charge in [-0.15, -0.1) is 0 Å². The summed E-state index contributed by atoms with van der Waals surface area (Å²) in [5.41, 5.74) is 2.80. The predicted octanol–water partition coefficient (Wildman–Crippen LogP) is 1.88. The molecule has 4 nitrogen and oxygen atoms in total. The first-order valence-corrected chi connectivity index (χ1v) is 8.08. The fourth-order valence-corrected chi connectivity index (χ4v) is 1.99. The van der Waals surface area contributed by atoms with Crippen LogP contribution in [0, 0.1) is 0 Å². The molecule has 108 valence electrons. The van der Waals surface area contributed by atoms with Gasteiger partial charge in [0, 0.05) is 0 Å². The Balaban J connectivity index is 0.000000383. The summed E-state index contributed by atoms with van der Waals surface area (Å²) in [4.78, 5) is 21.6. The normalized spacial score (nSPS) is 11.6. The van der Waals surface area contributed by atoms with Gasteiger partial charge in [-0.05, 0) is 0 Å². The maximum atomic E-state index is 8.88. The zero-order valence-corrected chi connectivity index (χ0v) is 13.3. The number of benzene rings is 2. The quantitative estimate of drug-likeness (QED) is 0.584. The van der Waals surface area contributed by atoms with Gasteiger partial charge in [0.1, 0.15) is 0 Å². The molecule has 21 heavy (non-hydrogen) atoms. The molecule has 0 amide bonds. The van der Waals surface area contributed by atoms with Gasteiger partial charge in [-0.2, -0.15) is 0 Å². The van der Waals surface area contributed by atoms with Crippen molar-refractivity contribution in [2.75, 3.05) is 0 Å². The Hall–Kier alpha value is -0.853. The Kier molecular flexibility index (Phi) is 6.43. The van der Waals surface area contributed by atoms with Crippen LogP contribution in [0.4, 0.5) is 0 Å². The third-order valence-corrected chi connectivity index (χ3v) is 3.27. The van der Waals surface area contributed by atoms with Crippen LogP contribution >= 0.6 is 7.82 Å². The molecule has 0 aromatic heterocycles. The third kappa shape index (κ3) is 6.63. The van der Waals surface area contributed by atoms with Gasteiger partial charge in [0.15, 0.2) is 0 Å². The second-order valence-corrected chi connectivity index (χ2v) is 6.40. The Morgan fingerprint density at radius 3 is 1.67 bits per heavy atom. The molecular formula is C15H18LiO4P. The van der Waals surface area contributed by atoms with Crippen molar-refractivity contribution < 1.29 is 19.2 Å². The molecule has 0 unspecified atom stereocenters. The first-order chi connectivity index (χ1) is 9.60. The van der Waals surface area contributed by atoms with E-state index in [0.29, 0.717) is 0 Å². The standard InChI is InChI=1S/C15H15.Li.H3O4P/c1-15(2,13-9-5-3-6-10-13)14-11-7-4-8-12-14;;1-5(2,3)4/h3,5-12H,1-2H3;;(H3,1,2,3,4). The van der Waals surface area contributed by atoms with Gasteiger partial charge in [0.05, 0.1) is 0 Å². The zero-order chi connectivity index (χ0) is 16.1. The summed E-state index contributed by atoms with van der Waals surface area (Å²) >= 11 is 2.12. The number of hydrogen-bond acceptors (Lipinski definition) is 1. The molecule has 0 heterocycles. The molecule has 0 saturated carbocycles. The predicted molar refractivity (Wildman–Crippen MR) is 84.7 cm³/mol. The number of hydrogen-bond donors (Lipinski definition) is 3. The van der Waals surface area contributed by atoms with Crippen LogP contribution in [0.5, 0.6) is 0 Å². The van der Waals surface area contributed by atoms with Crippen molar-refractivity contribution in [3.8, 4) is 0 Å². The van der Waals surface area contributed by atoms with E-state index < -0.39 is 7.82 Å². The topological polar surface area (TPSA) is 77.8 Å². The van der Waals surface area contributed by atoms with Gasteiger partial charge in [-0.3, -0.25) is 0 Å². The van der Waals surface area contributed by atoms with Gasteiger partial charge in [0.2, 0.25) is 0 Å². The third-order valence-electron chi connectivity index (χ3n) is 3.27. The second kappa shape index (κ2) is 7.42. The van der Waals surface area contributed by atoms with E-state index in [9.17, 15) is 0 Å². The van der Waals surface area contributed by atoms with E-state index in [1.165, 1.54) is 15.4 Å². The second-order valence-electron chi connectivity index (χ2n) is 5.37. The van der Waals surface area contributed by atoms with E-state index in [-0.39, 0.29) is 5.41 Å². The monoisotopic (exact) mass is 300 g/mol. The molecule has 0 aliphatic heterocycles. The van der Waals surface area contributed by atoms with E-state index in [1.54, 1.807) is 0 Å². The summed E-state index contributed by atoms with van der Waals surface area (Å²) in [5.74, 6) is 0. The van der Waals surface area contributed by atoms with Crippen molar-refractivity contribution in [1.82, 2.24) is 0 Å². The fraction of sp³-hybridized carbons (Fsp3) is 0.200. The van der Waals surface area contributed by atoms with Crippen LogP contribution in [0.15, 0.2) is 54.6 Å². The van der Waals surface area contributed by atoms with Crippen LogP contribution in [-0.2, 0) is 9.98 Å². The molecule has 2 rings (SSSR count). The molecule has 6 heteroatoms. The van der Waals surface area contributed by atoms with E-state index >= 15 is 0 Å². The Morgan fingerprint density at radius 2 is 1.24 bits per heavy atom. The Labute approximate surface area is 134 Å². The Morgan fingerprint density at radius 1 is 0.857 bits per heavy atom. The van der Waals surface area contributed by atoms with Gasteiger partial charge in [0.25, 0.3) is 0 Å². The number of rotatable bonds is 2. The molecular weight excluding hydrogens is 282 g/mol. The molecule has 0 fully saturated rings. The van der Waals surface area contributed by atoms with Gasteiger partial charge in [-0.25, -0.2) is 4.57 Å². The molecule has 0 aliphatic rings. The molecule has 2 aromatic carbocycles. The van der Waals surface area contributed by atoms with Crippen molar-refractivity contribution in [3.05, 3.63) is 65.7 Å². The van der Waals surface area contributed by atoms with Gasteiger partial charge < -0.3 is 14.7 Å². The van der Waals surface area contributed by atoms with Gasteiger partial charge in [-0.1, -0.05) is 0 Å². The Bertz CT molecular complexity index is 597. The van der Waals surface area contributed by atoms with Gasteiger partial charge >= 0.3 is 115 Å². The number of phosphoric acid groups is 1. The van der Waals surface area contributed by atoms with Crippen LogP contribution in [0.2, 0.25) is 0 Å². The first kappa shape index (κ1) is 18.2. The molecule has 0 atom stereocenters. The zero-order valence-electron chi connectivity index (χ0n) is 12.4. The minimum atomic E-state index is -4.64. The molecule has 0 spiro atoms. The summed E-state index contributed by atoms with van der Waals surface area (Å²) in [5, 5.41) is 0. The molecule has 2 aromatic rings. The van der Waals surface area contributed by atoms with Crippen LogP contribution in [0.3, 0.4) is 0 Å². The van der Waals surface area contributed by atoms with Crippen molar-refractivity contribution in [2.45, 2.75) is 19.3 Å². The van der Waals surface area contributed by atoms with Crippen LogP contribution in [0.25, 0.3) is 0 Å². The van der Waals surface area contributed by atoms with E-state index in [0.717, 1.165) is 0 Å². The summed E-state index contributed by atoms with van der Waals surface area (Å²) in [6.07, 6.45) is 0. The molecule has 0 radical (unpaired) electrons. The van der Waals surface area contributed by atoms with Crippen LogP contribution < -0.4 is 4.24 Å². The average Bonchev–Trinajstić information content (AvgIpc) is 2.38. The van der Waals surface area contributed by atoms with Crippen LogP contribution in [0.1, 0.15) is 25.0 Å².